The van der Waals surface area contributed by atoms with Gasteiger partial charge in [-0.15, -0.1) is 0 Å². The average molecular weight is 156 g/mol. The van der Waals surface area contributed by atoms with Crippen LogP contribution in [-0.2, 0) is 9.59 Å². The number of nitrogens with one attached hydrogen (secondary N) is 2. The molecule has 1 heterocycles. The van der Waals surface area contributed by atoms with Gasteiger partial charge in [-0.2, -0.15) is 0 Å². The molecule has 1 rings (SSSR count). The Balaban J connectivity index is 0.000000292. The summed E-state index contributed by atoms with van der Waals surface area (Å²) in [6.45, 7) is 0.888. The number of hydrogen-bond donors (Lipinski definition) is 2. The first-order valence-corrected chi connectivity index (χ1v) is 3.62. The monoisotopic (exact) mass is 156 g/mol. The molecule has 1 saturated heterocycles. The third-order valence-corrected chi connectivity index (χ3v) is 1.40. The first kappa shape index (κ1) is 9.85. The van der Waals surface area contributed by atoms with Gasteiger partial charge in [0.05, 0.1) is 0 Å². The van der Waals surface area contributed by atoms with Gasteiger partial charge in [-0.1, -0.05) is 6.42 Å². The summed E-state index contributed by atoms with van der Waals surface area (Å²) >= 11 is 0. The van der Waals surface area contributed by atoms with Crippen molar-refractivity contribution in [2.75, 3.05) is 6.54 Å². The van der Waals surface area contributed by atoms with Crippen LogP contribution >= 0.6 is 0 Å². The summed E-state index contributed by atoms with van der Waals surface area (Å²) in [7, 11) is 0. The van der Waals surface area contributed by atoms with Crippen molar-refractivity contribution in [2.24, 2.45) is 0 Å². The van der Waals surface area contributed by atoms with Gasteiger partial charge in [0.15, 0.2) is 0 Å². The SMILES string of the molecule is N=C=O.O=C1CCCCCN1. The first-order chi connectivity index (χ1) is 5.31. The standard InChI is InChI=1S/C6H11NO.CHNO/c8-6-4-2-1-3-5-7-6;2-1-3/h1-5H2,(H,7,8);2H. The van der Waals surface area contributed by atoms with E-state index in [4.69, 9.17) is 10.2 Å². The molecule has 0 radical (unpaired) electrons. The summed E-state index contributed by atoms with van der Waals surface area (Å²) in [4.78, 5) is 18.9. The Morgan fingerprint density at radius 3 is 2.64 bits per heavy atom. The summed E-state index contributed by atoms with van der Waals surface area (Å²) in [6, 6.07) is 0. The molecule has 0 unspecified atom stereocenters. The van der Waals surface area contributed by atoms with E-state index in [-0.39, 0.29) is 5.91 Å². The van der Waals surface area contributed by atoms with Crippen molar-refractivity contribution in [2.45, 2.75) is 25.7 Å². The maximum absolute atomic E-state index is 10.6. The summed E-state index contributed by atoms with van der Waals surface area (Å²) in [6.07, 6.45) is 4.93. The highest BCUT2D eigenvalue weighted by molar-refractivity contribution is 5.75. The van der Waals surface area contributed by atoms with E-state index in [1.165, 1.54) is 6.42 Å². The van der Waals surface area contributed by atoms with Crippen LogP contribution in [0.5, 0.6) is 0 Å². The molecule has 1 aliphatic rings. The van der Waals surface area contributed by atoms with Gasteiger partial charge in [-0.3, -0.25) is 4.79 Å². The van der Waals surface area contributed by atoms with Crippen LogP contribution in [0, 0.1) is 5.41 Å². The molecule has 0 saturated carbocycles. The molecule has 0 bridgehead atoms. The van der Waals surface area contributed by atoms with E-state index in [2.05, 4.69) is 5.32 Å². The largest absolute Gasteiger partial charge is 0.356 e. The predicted octanol–water partition coefficient (Wildman–Crippen LogP) is 0.578. The van der Waals surface area contributed by atoms with Crippen LogP contribution in [-0.4, -0.2) is 18.5 Å². The smallest absolute Gasteiger partial charge is 0.231 e. The molecule has 0 aliphatic carbocycles. The molecule has 4 nitrogen and oxygen atoms in total. The Morgan fingerprint density at radius 1 is 1.36 bits per heavy atom. The van der Waals surface area contributed by atoms with Gasteiger partial charge in [0, 0.05) is 13.0 Å². The molecule has 0 aromatic carbocycles. The molecule has 0 spiro atoms. The van der Waals surface area contributed by atoms with Crippen molar-refractivity contribution in [3.8, 4) is 0 Å². The molecular formula is C7H12N2O2. The molecule has 62 valence electrons. The molecule has 0 atom stereocenters. The van der Waals surface area contributed by atoms with Crippen molar-refractivity contribution in [3.63, 3.8) is 0 Å². The topological polar surface area (TPSA) is 70.0 Å². The second kappa shape index (κ2) is 6.96. The minimum atomic E-state index is 0.225. The highest BCUT2D eigenvalue weighted by Crippen LogP contribution is 2.02. The van der Waals surface area contributed by atoms with Crippen molar-refractivity contribution in [1.29, 1.82) is 5.41 Å². The summed E-state index contributed by atoms with van der Waals surface area (Å²) in [5, 5.41) is 8.21. The summed E-state index contributed by atoms with van der Waals surface area (Å²) in [5.41, 5.74) is 0. The maximum Gasteiger partial charge on any atom is 0.231 e. The van der Waals surface area contributed by atoms with Crippen LogP contribution in [0.25, 0.3) is 0 Å². The average Bonchev–Trinajstić information content (AvgIpc) is 2.18. The van der Waals surface area contributed by atoms with E-state index >= 15 is 0 Å². The molecule has 0 aromatic rings. The number of rotatable bonds is 0. The van der Waals surface area contributed by atoms with Gasteiger partial charge >= 0.3 is 0 Å². The maximum atomic E-state index is 10.6. The van der Waals surface area contributed by atoms with Crippen LogP contribution in [0.3, 0.4) is 0 Å². The van der Waals surface area contributed by atoms with Crippen molar-refractivity contribution in [1.82, 2.24) is 5.32 Å². The quantitative estimate of drug-likeness (QED) is 0.398. The van der Waals surface area contributed by atoms with Crippen molar-refractivity contribution >= 4 is 12.0 Å². The van der Waals surface area contributed by atoms with E-state index in [0.717, 1.165) is 31.9 Å². The molecule has 0 aromatic heterocycles. The van der Waals surface area contributed by atoms with Gasteiger partial charge in [0.25, 0.3) is 0 Å². The highest BCUT2D eigenvalue weighted by atomic mass is 16.1. The summed E-state index contributed by atoms with van der Waals surface area (Å²) in [5.74, 6) is 0.225. The Morgan fingerprint density at radius 2 is 2.00 bits per heavy atom. The number of isocyanates is 1. The van der Waals surface area contributed by atoms with Crippen molar-refractivity contribution in [3.05, 3.63) is 0 Å². The Kier molecular flexibility index (Phi) is 6.24. The van der Waals surface area contributed by atoms with Crippen LogP contribution in [0.15, 0.2) is 0 Å². The van der Waals surface area contributed by atoms with Crippen LogP contribution in [0.1, 0.15) is 25.7 Å². The third kappa shape index (κ3) is 6.74. The third-order valence-electron chi connectivity index (χ3n) is 1.40. The lowest BCUT2D eigenvalue weighted by Gasteiger charge is -1.93. The van der Waals surface area contributed by atoms with E-state index in [1.54, 1.807) is 0 Å². The summed E-state index contributed by atoms with van der Waals surface area (Å²) < 4.78 is 0. The number of hydrogen-bond acceptors (Lipinski definition) is 3. The van der Waals surface area contributed by atoms with E-state index < -0.39 is 0 Å². The van der Waals surface area contributed by atoms with Gasteiger partial charge in [-0.05, 0) is 12.8 Å². The fourth-order valence-electron chi connectivity index (χ4n) is 0.904. The minimum absolute atomic E-state index is 0.225. The zero-order valence-electron chi connectivity index (χ0n) is 6.35. The Bertz CT molecular complexity index is 141. The normalized spacial score (nSPS) is 16.5. The van der Waals surface area contributed by atoms with Gasteiger partial charge in [-0.25, -0.2) is 10.2 Å². The lowest BCUT2D eigenvalue weighted by atomic mass is 10.2. The van der Waals surface area contributed by atoms with E-state index in [1.807, 2.05) is 0 Å². The lowest BCUT2D eigenvalue weighted by Crippen LogP contribution is -2.21. The Hall–Kier alpha value is -1.15. The molecule has 11 heavy (non-hydrogen) atoms. The molecule has 1 amide bonds. The zero-order valence-corrected chi connectivity index (χ0v) is 6.35. The fourth-order valence-corrected chi connectivity index (χ4v) is 0.904. The van der Waals surface area contributed by atoms with Crippen LogP contribution < -0.4 is 5.32 Å². The Labute approximate surface area is 65.5 Å². The van der Waals surface area contributed by atoms with Gasteiger partial charge in [0.1, 0.15) is 0 Å². The molecule has 1 fully saturated rings. The highest BCUT2D eigenvalue weighted by Gasteiger charge is 2.03. The second-order valence-electron chi connectivity index (χ2n) is 2.26. The number of amides is 1. The molecule has 2 N–H and O–H groups in total. The first-order valence-electron chi connectivity index (χ1n) is 3.62. The second-order valence-corrected chi connectivity index (χ2v) is 2.26. The van der Waals surface area contributed by atoms with Crippen LogP contribution in [0.4, 0.5) is 0 Å². The fraction of sp³-hybridized carbons (Fsp3) is 0.714. The molecule has 1 aliphatic heterocycles. The van der Waals surface area contributed by atoms with Crippen molar-refractivity contribution < 1.29 is 9.59 Å². The zero-order chi connectivity index (χ0) is 8.53. The van der Waals surface area contributed by atoms with Gasteiger partial charge < -0.3 is 5.32 Å². The molecule has 4 heteroatoms. The molecular weight excluding hydrogens is 144 g/mol. The number of carbonyl (C=O) groups excluding carboxylic acids is 2. The predicted molar refractivity (Wildman–Crippen MR) is 39.9 cm³/mol. The number of carbonyl (C=O) groups is 1. The lowest BCUT2D eigenvalue weighted by molar-refractivity contribution is -0.120. The van der Waals surface area contributed by atoms with E-state index in [9.17, 15) is 4.79 Å². The van der Waals surface area contributed by atoms with E-state index in [0.29, 0.717) is 0 Å². The minimum Gasteiger partial charge on any atom is -0.356 e. The van der Waals surface area contributed by atoms with Crippen LogP contribution in [0.2, 0.25) is 0 Å². The van der Waals surface area contributed by atoms with Gasteiger partial charge in [0.2, 0.25) is 12.0 Å².